The lowest BCUT2D eigenvalue weighted by molar-refractivity contribution is -0.870. The van der Waals surface area contributed by atoms with Crippen molar-refractivity contribution in [3.8, 4) is 0 Å². The summed E-state index contributed by atoms with van der Waals surface area (Å²) in [5.74, 6) is -0.344. The van der Waals surface area contributed by atoms with Crippen molar-refractivity contribution < 1.29 is 37.3 Å². The Balaban J connectivity index is 4.24. The summed E-state index contributed by atoms with van der Waals surface area (Å²) in [4.78, 5) is 25.0. The lowest BCUT2D eigenvalue weighted by Crippen LogP contribution is -2.37. The third-order valence-corrected chi connectivity index (χ3v) is 10.4. The molecule has 0 fully saturated rings. The van der Waals surface area contributed by atoms with Crippen LogP contribution in [-0.2, 0) is 27.9 Å². The molecule has 0 aliphatic heterocycles. The minimum atomic E-state index is -4.52. The molecule has 2 atom stereocenters. The first-order valence-corrected chi connectivity index (χ1v) is 23.5. The monoisotopic (exact) mass is 772 g/mol. The summed E-state index contributed by atoms with van der Waals surface area (Å²) in [6, 6.07) is 0. The van der Waals surface area contributed by atoms with Crippen molar-refractivity contribution in [1.29, 1.82) is 0 Å². The van der Waals surface area contributed by atoms with Gasteiger partial charge in [-0.15, -0.1) is 0 Å². The molecular formula is C44H86NO7P. The molecule has 0 saturated heterocycles. The maximum absolute atomic E-state index is 12.7. The van der Waals surface area contributed by atoms with Gasteiger partial charge >= 0.3 is 5.97 Å². The number of hydrogen-bond donors (Lipinski definition) is 0. The highest BCUT2D eigenvalue weighted by molar-refractivity contribution is 7.45. The summed E-state index contributed by atoms with van der Waals surface area (Å²) in [6.45, 7) is 5.39. The number of unbranched alkanes of at least 4 members (excludes halogenated alkanes) is 23. The van der Waals surface area contributed by atoms with E-state index in [4.69, 9.17) is 18.5 Å². The van der Waals surface area contributed by atoms with Gasteiger partial charge in [-0.3, -0.25) is 9.36 Å². The van der Waals surface area contributed by atoms with Crippen molar-refractivity contribution in [3.63, 3.8) is 0 Å². The number of ether oxygens (including phenoxy) is 2. The molecular weight excluding hydrogens is 685 g/mol. The van der Waals surface area contributed by atoms with Crippen LogP contribution in [0.5, 0.6) is 0 Å². The summed E-state index contributed by atoms with van der Waals surface area (Å²) in [7, 11) is 1.35. The van der Waals surface area contributed by atoms with E-state index in [1.54, 1.807) is 0 Å². The van der Waals surface area contributed by atoms with Crippen LogP contribution in [0.4, 0.5) is 0 Å². The first kappa shape index (κ1) is 52.0. The van der Waals surface area contributed by atoms with Gasteiger partial charge in [0.2, 0.25) is 0 Å². The fraction of sp³-hybridized carbons (Fsp3) is 0.886. The number of allylic oxidation sites excluding steroid dienone is 4. The Bertz CT molecular complexity index is 905. The molecule has 53 heavy (non-hydrogen) atoms. The van der Waals surface area contributed by atoms with Gasteiger partial charge in [0.05, 0.1) is 34.4 Å². The molecule has 9 heteroatoms. The summed E-state index contributed by atoms with van der Waals surface area (Å²) in [5.41, 5.74) is 0. The van der Waals surface area contributed by atoms with Crippen LogP contribution >= 0.6 is 7.82 Å². The molecule has 0 aromatic carbocycles. The number of phosphoric ester groups is 1. The van der Waals surface area contributed by atoms with E-state index in [9.17, 15) is 14.3 Å². The molecule has 0 rings (SSSR count). The van der Waals surface area contributed by atoms with Crippen LogP contribution in [-0.4, -0.2) is 70.7 Å². The van der Waals surface area contributed by atoms with Gasteiger partial charge in [0.1, 0.15) is 19.3 Å². The van der Waals surface area contributed by atoms with Crippen molar-refractivity contribution in [2.45, 2.75) is 200 Å². The largest absolute Gasteiger partial charge is 0.756 e. The predicted molar refractivity (Wildman–Crippen MR) is 222 cm³/mol. The first-order chi connectivity index (χ1) is 25.6. The van der Waals surface area contributed by atoms with Crippen molar-refractivity contribution in [3.05, 3.63) is 24.3 Å². The number of likely N-dealkylation sites (N-methyl/N-ethyl adjacent to an activating group) is 1. The molecule has 0 radical (unpaired) electrons. The van der Waals surface area contributed by atoms with Gasteiger partial charge < -0.3 is 27.9 Å². The summed E-state index contributed by atoms with van der Waals surface area (Å²) in [5, 5.41) is 0. The molecule has 8 nitrogen and oxygen atoms in total. The Morgan fingerprint density at radius 2 is 0.981 bits per heavy atom. The molecule has 0 heterocycles. The van der Waals surface area contributed by atoms with Gasteiger partial charge in [0.15, 0.2) is 0 Å². The number of esters is 1. The van der Waals surface area contributed by atoms with Crippen LogP contribution in [0.2, 0.25) is 0 Å². The normalized spacial score (nSPS) is 14.0. The van der Waals surface area contributed by atoms with Crippen molar-refractivity contribution >= 4 is 13.8 Å². The van der Waals surface area contributed by atoms with Crippen molar-refractivity contribution in [2.24, 2.45) is 0 Å². The SMILES string of the molecule is CCCCCCC/C=C\CCCCCCCC(=O)OC(COCCCCCCCC/C=C\CCCCCCCCC)COP(=O)([O-])OCC[N+](C)(C)C. The number of rotatable bonds is 41. The van der Waals surface area contributed by atoms with E-state index in [-0.39, 0.29) is 25.8 Å². The minimum Gasteiger partial charge on any atom is -0.756 e. The van der Waals surface area contributed by atoms with Crippen LogP contribution < -0.4 is 4.89 Å². The maximum Gasteiger partial charge on any atom is 0.306 e. The van der Waals surface area contributed by atoms with Gasteiger partial charge in [-0.1, -0.05) is 147 Å². The first-order valence-electron chi connectivity index (χ1n) is 22.1. The Hall–Kier alpha value is -1.02. The molecule has 0 aliphatic rings. The molecule has 0 amide bonds. The summed E-state index contributed by atoms with van der Waals surface area (Å²) >= 11 is 0. The molecule has 0 aliphatic carbocycles. The second-order valence-corrected chi connectivity index (χ2v) is 17.5. The number of carbonyl (C=O) groups is 1. The Labute approximate surface area is 328 Å². The van der Waals surface area contributed by atoms with Crippen LogP contribution in [0.3, 0.4) is 0 Å². The highest BCUT2D eigenvalue weighted by Crippen LogP contribution is 2.38. The van der Waals surface area contributed by atoms with Crippen LogP contribution in [0, 0.1) is 0 Å². The van der Waals surface area contributed by atoms with E-state index in [1.807, 2.05) is 21.1 Å². The average molecular weight is 772 g/mol. The molecule has 0 aromatic heterocycles. The fourth-order valence-corrected chi connectivity index (χ4v) is 6.73. The minimum absolute atomic E-state index is 0.0245. The topological polar surface area (TPSA) is 94.1 Å². The number of phosphoric acid groups is 1. The molecule has 0 aromatic rings. The second kappa shape index (κ2) is 37.9. The number of nitrogens with zero attached hydrogens (tertiary/aromatic N) is 1. The van der Waals surface area contributed by atoms with Gasteiger partial charge in [-0.2, -0.15) is 0 Å². The van der Waals surface area contributed by atoms with Gasteiger partial charge in [-0.05, 0) is 64.2 Å². The summed E-state index contributed by atoms with van der Waals surface area (Å²) < 4.78 is 34.6. The third-order valence-electron chi connectivity index (χ3n) is 9.48. The van der Waals surface area contributed by atoms with E-state index in [2.05, 4.69) is 38.2 Å². The van der Waals surface area contributed by atoms with Crippen LogP contribution in [0.1, 0.15) is 194 Å². The lowest BCUT2D eigenvalue weighted by Gasteiger charge is -2.28. The number of quaternary nitrogens is 1. The highest BCUT2D eigenvalue weighted by Gasteiger charge is 2.20. The van der Waals surface area contributed by atoms with Crippen molar-refractivity contribution in [2.75, 3.05) is 54.1 Å². The fourth-order valence-electron chi connectivity index (χ4n) is 6.01. The molecule has 0 spiro atoms. The van der Waals surface area contributed by atoms with Crippen LogP contribution in [0.15, 0.2) is 24.3 Å². The maximum atomic E-state index is 12.7. The molecule has 0 N–H and O–H groups in total. The zero-order valence-corrected chi connectivity index (χ0v) is 36.4. The average Bonchev–Trinajstić information content (AvgIpc) is 3.11. The van der Waals surface area contributed by atoms with Gasteiger partial charge in [-0.25, -0.2) is 0 Å². The number of carbonyl (C=O) groups excluding carboxylic acids is 1. The standard InChI is InChI=1S/C44H86NO7P/c1-6-8-10-12-14-16-18-20-22-23-24-26-28-30-32-34-36-39-49-41-43(42-51-53(47,48)50-40-38-45(3,4)5)52-44(46)37-35-33-31-29-27-25-21-19-17-15-13-11-9-7-2/h19,21-23,43H,6-18,20,24-42H2,1-5H3/b21-19-,23-22-. The quantitative estimate of drug-likeness (QED) is 0.0201. The van der Waals surface area contributed by atoms with E-state index in [1.165, 1.54) is 128 Å². The lowest BCUT2D eigenvalue weighted by atomic mass is 10.1. The van der Waals surface area contributed by atoms with E-state index in [0.717, 1.165) is 44.9 Å². The van der Waals surface area contributed by atoms with Crippen molar-refractivity contribution in [1.82, 2.24) is 0 Å². The third kappa shape index (κ3) is 42.0. The Kier molecular flexibility index (Phi) is 37.2. The van der Waals surface area contributed by atoms with Crippen LogP contribution in [0.25, 0.3) is 0 Å². The molecule has 314 valence electrons. The van der Waals surface area contributed by atoms with Gasteiger partial charge in [0.25, 0.3) is 7.82 Å². The Morgan fingerprint density at radius 1 is 0.566 bits per heavy atom. The molecule has 0 saturated carbocycles. The Morgan fingerprint density at radius 3 is 1.43 bits per heavy atom. The van der Waals surface area contributed by atoms with Gasteiger partial charge in [0, 0.05) is 13.0 Å². The molecule has 0 bridgehead atoms. The van der Waals surface area contributed by atoms with E-state index >= 15 is 0 Å². The van der Waals surface area contributed by atoms with E-state index < -0.39 is 13.9 Å². The number of hydrogen-bond acceptors (Lipinski definition) is 7. The molecule has 2 unspecified atom stereocenters. The zero-order chi connectivity index (χ0) is 39.1. The highest BCUT2D eigenvalue weighted by atomic mass is 31.2. The van der Waals surface area contributed by atoms with E-state index in [0.29, 0.717) is 24.1 Å². The summed E-state index contributed by atoms with van der Waals surface area (Å²) in [6.07, 6.45) is 41.8. The smallest absolute Gasteiger partial charge is 0.306 e. The predicted octanol–water partition coefficient (Wildman–Crippen LogP) is 12.2. The zero-order valence-electron chi connectivity index (χ0n) is 35.5. The second-order valence-electron chi connectivity index (χ2n) is 16.0.